The van der Waals surface area contributed by atoms with Crippen LogP contribution in [0.1, 0.15) is 11.1 Å². The molecule has 0 aliphatic carbocycles. The molecular weight excluding hydrogens is 324 g/mol. The minimum atomic E-state index is -0.449. The van der Waals surface area contributed by atoms with E-state index in [1.165, 1.54) is 12.1 Å². The second kappa shape index (κ2) is 6.64. The van der Waals surface area contributed by atoms with Crippen molar-refractivity contribution in [3.63, 3.8) is 0 Å². The molecule has 2 aromatic carbocycles. The van der Waals surface area contributed by atoms with Gasteiger partial charge in [0.1, 0.15) is 11.6 Å². The second-order valence-electron chi connectivity index (χ2n) is 4.25. The zero-order valence-corrected chi connectivity index (χ0v) is 12.5. The van der Waals surface area contributed by atoms with Crippen LogP contribution in [0.4, 0.5) is 4.39 Å². The van der Waals surface area contributed by atoms with Crippen molar-refractivity contribution in [3.8, 4) is 5.75 Å². The van der Waals surface area contributed by atoms with E-state index in [-0.39, 0.29) is 15.8 Å². The van der Waals surface area contributed by atoms with Crippen LogP contribution in [0, 0.1) is 5.82 Å². The predicted molar refractivity (Wildman–Crippen MR) is 80.1 cm³/mol. The van der Waals surface area contributed by atoms with Gasteiger partial charge in [0.15, 0.2) is 0 Å². The number of phenolic OH excluding ortho intramolecular Hbond substituents is 1. The van der Waals surface area contributed by atoms with Crippen molar-refractivity contribution >= 4 is 34.8 Å². The molecule has 0 saturated heterocycles. The maximum atomic E-state index is 13.0. The molecule has 0 bridgehead atoms. The Balaban J connectivity index is 2.01. The maximum Gasteiger partial charge on any atom is 0.141 e. The molecule has 0 radical (unpaired) electrons. The van der Waals surface area contributed by atoms with Gasteiger partial charge in [-0.15, -0.1) is 0 Å². The fourth-order valence-corrected chi connectivity index (χ4v) is 2.48. The molecule has 0 unspecified atom stereocenters. The lowest BCUT2D eigenvalue weighted by molar-refractivity contribution is 0.464. The van der Waals surface area contributed by atoms with E-state index < -0.39 is 5.82 Å². The van der Waals surface area contributed by atoms with Crippen molar-refractivity contribution in [1.29, 1.82) is 0 Å². The molecule has 0 fully saturated rings. The Hall–Kier alpha value is -1.00. The van der Waals surface area contributed by atoms with Crippen molar-refractivity contribution < 1.29 is 9.50 Å². The minimum Gasteiger partial charge on any atom is -0.506 e. The monoisotopic (exact) mass is 333 g/mol. The lowest BCUT2D eigenvalue weighted by Gasteiger charge is -2.09. The summed E-state index contributed by atoms with van der Waals surface area (Å²) in [6.07, 6.45) is 0. The first-order valence-electron chi connectivity index (χ1n) is 5.79. The van der Waals surface area contributed by atoms with E-state index in [9.17, 15) is 9.50 Å². The van der Waals surface area contributed by atoms with Gasteiger partial charge in [0.25, 0.3) is 0 Å². The third-order valence-electron chi connectivity index (χ3n) is 2.74. The van der Waals surface area contributed by atoms with E-state index in [0.29, 0.717) is 23.7 Å². The summed E-state index contributed by atoms with van der Waals surface area (Å²) in [4.78, 5) is 0. The second-order valence-corrected chi connectivity index (χ2v) is 5.50. The van der Waals surface area contributed by atoms with Crippen LogP contribution in [-0.2, 0) is 13.1 Å². The van der Waals surface area contributed by atoms with Gasteiger partial charge < -0.3 is 10.4 Å². The van der Waals surface area contributed by atoms with E-state index in [0.717, 1.165) is 5.56 Å². The number of nitrogens with one attached hydrogen (secondary N) is 1. The Morgan fingerprint density at radius 1 is 1.00 bits per heavy atom. The van der Waals surface area contributed by atoms with Crippen LogP contribution in [0.2, 0.25) is 15.1 Å². The molecule has 2 N–H and O–H groups in total. The molecule has 0 aliphatic heterocycles. The predicted octanol–water partition coefficient (Wildman–Crippen LogP) is 4.78. The van der Waals surface area contributed by atoms with Gasteiger partial charge in [-0.05, 0) is 29.8 Å². The van der Waals surface area contributed by atoms with Crippen molar-refractivity contribution in [2.45, 2.75) is 13.1 Å². The zero-order valence-electron chi connectivity index (χ0n) is 10.3. The van der Waals surface area contributed by atoms with Crippen LogP contribution >= 0.6 is 34.8 Å². The highest BCUT2D eigenvalue weighted by Crippen LogP contribution is 2.31. The lowest BCUT2D eigenvalue weighted by atomic mass is 10.2. The molecule has 2 nitrogen and oxygen atoms in total. The van der Waals surface area contributed by atoms with Crippen LogP contribution in [0.3, 0.4) is 0 Å². The number of benzene rings is 2. The van der Waals surface area contributed by atoms with Gasteiger partial charge in [-0.1, -0.05) is 40.9 Å². The van der Waals surface area contributed by atoms with E-state index in [2.05, 4.69) is 5.32 Å². The van der Waals surface area contributed by atoms with E-state index in [1.54, 1.807) is 18.2 Å². The number of rotatable bonds is 4. The smallest absolute Gasteiger partial charge is 0.141 e. The Bertz CT molecular complexity index is 634. The summed E-state index contributed by atoms with van der Waals surface area (Å²) in [5.74, 6) is -0.449. The van der Waals surface area contributed by atoms with Crippen LogP contribution in [0.15, 0.2) is 30.3 Å². The van der Waals surface area contributed by atoms with Gasteiger partial charge in [-0.25, -0.2) is 4.39 Å². The van der Waals surface area contributed by atoms with Crippen LogP contribution in [0.5, 0.6) is 5.75 Å². The van der Waals surface area contributed by atoms with Crippen molar-refractivity contribution in [1.82, 2.24) is 5.32 Å². The van der Waals surface area contributed by atoms with E-state index in [4.69, 9.17) is 34.8 Å². The van der Waals surface area contributed by atoms with Gasteiger partial charge >= 0.3 is 0 Å². The first-order valence-corrected chi connectivity index (χ1v) is 6.92. The summed E-state index contributed by atoms with van der Waals surface area (Å²) in [6, 6.07) is 7.61. The Morgan fingerprint density at radius 3 is 2.45 bits per heavy atom. The minimum absolute atomic E-state index is 0.000653. The molecule has 20 heavy (non-hydrogen) atoms. The summed E-state index contributed by atoms with van der Waals surface area (Å²) >= 11 is 17.4. The first-order chi connectivity index (χ1) is 9.47. The van der Waals surface area contributed by atoms with Crippen LogP contribution in [-0.4, -0.2) is 5.11 Å². The van der Waals surface area contributed by atoms with Crippen LogP contribution in [0.25, 0.3) is 0 Å². The number of hydrogen-bond acceptors (Lipinski definition) is 2. The van der Waals surface area contributed by atoms with Crippen molar-refractivity contribution in [2.24, 2.45) is 0 Å². The van der Waals surface area contributed by atoms with Crippen molar-refractivity contribution in [2.75, 3.05) is 0 Å². The number of phenols is 1. The standard InChI is InChI=1S/C14H11Cl3FNO/c15-10-4-9(14(20)12(17)5-10)7-19-6-8-1-2-13(18)11(16)3-8/h1-5,19-20H,6-7H2. The summed E-state index contributed by atoms with van der Waals surface area (Å²) in [5, 5.41) is 13.6. The molecule has 0 aliphatic rings. The Kier molecular flexibility index (Phi) is 5.11. The molecule has 0 heterocycles. The highest BCUT2D eigenvalue weighted by Gasteiger charge is 2.08. The fraction of sp³-hybridized carbons (Fsp3) is 0.143. The van der Waals surface area contributed by atoms with E-state index >= 15 is 0 Å². The number of hydrogen-bond donors (Lipinski definition) is 2. The molecule has 2 aromatic rings. The number of halogens is 4. The Labute approximate surface area is 131 Å². The third-order valence-corrected chi connectivity index (χ3v) is 3.53. The average molecular weight is 335 g/mol. The summed E-state index contributed by atoms with van der Waals surface area (Å²) < 4.78 is 13.0. The topological polar surface area (TPSA) is 32.3 Å². The van der Waals surface area contributed by atoms with Gasteiger partial charge in [-0.3, -0.25) is 0 Å². The van der Waals surface area contributed by atoms with Gasteiger partial charge in [0.2, 0.25) is 0 Å². The SMILES string of the molecule is Oc1c(Cl)cc(Cl)cc1CNCc1ccc(F)c(Cl)c1. The zero-order chi connectivity index (χ0) is 14.7. The summed E-state index contributed by atoms with van der Waals surface area (Å²) in [6.45, 7) is 0.852. The van der Waals surface area contributed by atoms with Gasteiger partial charge in [-0.2, -0.15) is 0 Å². The van der Waals surface area contributed by atoms with Crippen LogP contribution < -0.4 is 5.32 Å². The van der Waals surface area contributed by atoms with E-state index in [1.807, 2.05) is 0 Å². The van der Waals surface area contributed by atoms with Gasteiger partial charge in [0, 0.05) is 23.7 Å². The molecular formula is C14H11Cl3FNO. The Morgan fingerprint density at radius 2 is 1.75 bits per heavy atom. The first kappa shape index (κ1) is 15.4. The largest absolute Gasteiger partial charge is 0.506 e. The average Bonchev–Trinajstić information content (AvgIpc) is 2.39. The third kappa shape index (κ3) is 3.76. The lowest BCUT2D eigenvalue weighted by Crippen LogP contribution is -2.13. The molecule has 0 amide bonds. The number of aromatic hydroxyl groups is 1. The molecule has 0 aromatic heterocycles. The molecule has 0 saturated carbocycles. The molecule has 2 rings (SSSR count). The molecule has 106 valence electrons. The highest BCUT2D eigenvalue weighted by molar-refractivity contribution is 6.35. The maximum absolute atomic E-state index is 13.0. The van der Waals surface area contributed by atoms with Crippen molar-refractivity contribution in [3.05, 3.63) is 62.3 Å². The summed E-state index contributed by atoms with van der Waals surface area (Å²) in [7, 11) is 0. The quantitative estimate of drug-likeness (QED) is 0.843. The summed E-state index contributed by atoms with van der Waals surface area (Å²) in [5.41, 5.74) is 1.43. The molecule has 6 heteroatoms. The normalized spacial score (nSPS) is 10.8. The molecule has 0 spiro atoms. The highest BCUT2D eigenvalue weighted by atomic mass is 35.5. The molecule has 0 atom stereocenters. The fourth-order valence-electron chi connectivity index (χ4n) is 1.75. The van der Waals surface area contributed by atoms with Gasteiger partial charge in [0.05, 0.1) is 10.0 Å².